The zero-order valence-corrected chi connectivity index (χ0v) is 13.5. The van der Waals surface area contributed by atoms with Crippen LogP contribution in [0, 0.1) is 0 Å². The number of alkyl halides is 1. The summed E-state index contributed by atoms with van der Waals surface area (Å²) in [5, 5.41) is 3.51. The molecule has 0 aliphatic carbocycles. The second-order valence-electron chi connectivity index (χ2n) is 4.98. The summed E-state index contributed by atoms with van der Waals surface area (Å²) >= 11 is 18.7. The molecule has 3 heteroatoms. The van der Waals surface area contributed by atoms with Gasteiger partial charge in [-0.2, -0.15) is 0 Å². The molecule has 3 aromatic rings. The van der Waals surface area contributed by atoms with E-state index in [2.05, 4.69) is 30.3 Å². The molecule has 0 N–H and O–H groups in total. The fraction of sp³-hybridized carbons (Fsp3) is 0.111. The molecular formula is C18H13Cl3. The average molecular weight is 336 g/mol. The molecule has 106 valence electrons. The second kappa shape index (κ2) is 6.27. The van der Waals surface area contributed by atoms with Crippen LogP contribution in [-0.4, -0.2) is 0 Å². The first-order valence-electron chi connectivity index (χ1n) is 6.71. The zero-order chi connectivity index (χ0) is 14.8. The van der Waals surface area contributed by atoms with Crippen LogP contribution < -0.4 is 0 Å². The Balaban J connectivity index is 1.94. The highest BCUT2D eigenvalue weighted by atomic mass is 35.5. The molecule has 0 heterocycles. The minimum atomic E-state index is -0.180. The van der Waals surface area contributed by atoms with Gasteiger partial charge in [0, 0.05) is 10.0 Å². The van der Waals surface area contributed by atoms with E-state index < -0.39 is 0 Å². The Hall–Kier alpha value is -1.21. The minimum absolute atomic E-state index is 0.180. The molecule has 0 spiro atoms. The third-order valence-corrected chi connectivity index (χ3v) is 4.53. The summed E-state index contributed by atoms with van der Waals surface area (Å²) in [6, 6.07) is 20.1. The van der Waals surface area contributed by atoms with Crippen molar-refractivity contribution in [3.63, 3.8) is 0 Å². The van der Waals surface area contributed by atoms with Gasteiger partial charge in [0.25, 0.3) is 0 Å². The maximum atomic E-state index is 6.57. The third-order valence-electron chi connectivity index (χ3n) is 3.58. The average Bonchev–Trinajstić information content (AvgIpc) is 2.47. The predicted molar refractivity (Wildman–Crippen MR) is 92.7 cm³/mol. The molecule has 0 nitrogen and oxygen atoms in total. The van der Waals surface area contributed by atoms with E-state index in [-0.39, 0.29) is 5.38 Å². The van der Waals surface area contributed by atoms with Crippen molar-refractivity contribution in [2.24, 2.45) is 0 Å². The van der Waals surface area contributed by atoms with Gasteiger partial charge in [-0.15, -0.1) is 11.6 Å². The third kappa shape index (κ3) is 3.18. The van der Waals surface area contributed by atoms with Crippen LogP contribution in [0.25, 0.3) is 10.8 Å². The molecule has 0 aliphatic heterocycles. The number of halogens is 3. The van der Waals surface area contributed by atoms with E-state index in [4.69, 9.17) is 34.8 Å². The fourth-order valence-corrected chi connectivity index (χ4v) is 3.48. The summed E-state index contributed by atoms with van der Waals surface area (Å²) in [4.78, 5) is 0. The largest absolute Gasteiger partial charge is 0.117 e. The van der Waals surface area contributed by atoms with Gasteiger partial charge in [-0.25, -0.2) is 0 Å². The monoisotopic (exact) mass is 334 g/mol. The molecule has 0 aromatic heterocycles. The van der Waals surface area contributed by atoms with Crippen LogP contribution in [0.15, 0.2) is 60.7 Å². The molecule has 0 fully saturated rings. The maximum absolute atomic E-state index is 6.57. The molecule has 1 atom stereocenters. The van der Waals surface area contributed by atoms with Crippen molar-refractivity contribution in [3.8, 4) is 0 Å². The highest BCUT2D eigenvalue weighted by Gasteiger charge is 2.14. The Bertz CT molecular complexity index is 775. The number of rotatable bonds is 3. The van der Waals surface area contributed by atoms with E-state index in [0.29, 0.717) is 10.0 Å². The lowest BCUT2D eigenvalue weighted by molar-refractivity contribution is 0.928. The van der Waals surface area contributed by atoms with Crippen molar-refractivity contribution in [3.05, 3.63) is 81.8 Å². The first kappa shape index (κ1) is 14.7. The lowest BCUT2D eigenvalue weighted by atomic mass is 9.98. The van der Waals surface area contributed by atoms with E-state index in [9.17, 15) is 0 Å². The number of hydrogen-bond donors (Lipinski definition) is 0. The van der Waals surface area contributed by atoms with Gasteiger partial charge in [-0.05, 0) is 40.5 Å². The van der Waals surface area contributed by atoms with Crippen LogP contribution in [0.3, 0.4) is 0 Å². The van der Waals surface area contributed by atoms with Crippen LogP contribution >= 0.6 is 34.8 Å². The van der Waals surface area contributed by atoms with Crippen molar-refractivity contribution in [2.45, 2.75) is 11.8 Å². The molecule has 3 rings (SSSR count). The van der Waals surface area contributed by atoms with Crippen LogP contribution in [-0.2, 0) is 6.42 Å². The summed E-state index contributed by atoms with van der Waals surface area (Å²) in [7, 11) is 0. The van der Waals surface area contributed by atoms with Crippen molar-refractivity contribution >= 4 is 45.6 Å². The van der Waals surface area contributed by atoms with Crippen molar-refractivity contribution in [1.29, 1.82) is 0 Å². The summed E-state index contributed by atoms with van der Waals surface area (Å²) in [6.45, 7) is 0. The van der Waals surface area contributed by atoms with Gasteiger partial charge in [-0.1, -0.05) is 71.7 Å². The first-order valence-corrected chi connectivity index (χ1v) is 7.90. The van der Waals surface area contributed by atoms with E-state index in [1.54, 1.807) is 6.07 Å². The summed E-state index contributed by atoms with van der Waals surface area (Å²) in [6.07, 6.45) is 0.726. The second-order valence-corrected chi connectivity index (χ2v) is 6.35. The fourth-order valence-electron chi connectivity index (χ4n) is 2.53. The Morgan fingerprint density at radius 2 is 1.62 bits per heavy atom. The van der Waals surface area contributed by atoms with Gasteiger partial charge in [0.2, 0.25) is 0 Å². The highest BCUT2D eigenvalue weighted by Crippen LogP contribution is 2.34. The number of fused-ring (bicyclic) bond motifs is 1. The standard InChI is InChI=1S/C18H13Cl3/c19-14-8-9-16(18(21)11-14)17(20)10-13-6-3-5-12-4-1-2-7-15(12)13/h1-9,11,17H,10H2. The maximum Gasteiger partial charge on any atom is 0.0640 e. The van der Waals surface area contributed by atoms with Crippen molar-refractivity contribution < 1.29 is 0 Å². The SMILES string of the molecule is Clc1ccc(C(Cl)Cc2cccc3ccccc23)c(Cl)c1. The van der Waals surface area contributed by atoms with E-state index >= 15 is 0 Å². The molecule has 21 heavy (non-hydrogen) atoms. The van der Waals surface area contributed by atoms with Crippen LogP contribution in [0.4, 0.5) is 0 Å². The lowest BCUT2D eigenvalue weighted by Crippen LogP contribution is -1.97. The van der Waals surface area contributed by atoms with Gasteiger partial charge in [-0.3, -0.25) is 0 Å². The Morgan fingerprint density at radius 3 is 2.43 bits per heavy atom. The smallest absolute Gasteiger partial charge is 0.0640 e. The lowest BCUT2D eigenvalue weighted by Gasteiger charge is -2.14. The topological polar surface area (TPSA) is 0 Å². The minimum Gasteiger partial charge on any atom is -0.117 e. The predicted octanol–water partition coefficient (Wildman–Crippen LogP) is 6.67. The van der Waals surface area contributed by atoms with Crippen LogP contribution in [0.2, 0.25) is 10.0 Å². The van der Waals surface area contributed by atoms with E-state index in [1.165, 1.54) is 16.3 Å². The van der Waals surface area contributed by atoms with E-state index in [1.807, 2.05) is 24.3 Å². The van der Waals surface area contributed by atoms with Gasteiger partial charge < -0.3 is 0 Å². The highest BCUT2D eigenvalue weighted by molar-refractivity contribution is 6.35. The number of benzene rings is 3. The molecule has 0 radical (unpaired) electrons. The molecule has 1 unspecified atom stereocenters. The Morgan fingerprint density at radius 1 is 0.857 bits per heavy atom. The van der Waals surface area contributed by atoms with Crippen LogP contribution in [0.5, 0.6) is 0 Å². The molecular weight excluding hydrogens is 323 g/mol. The van der Waals surface area contributed by atoms with Crippen molar-refractivity contribution in [1.82, 2.24) is 0 Å². The van der Waals surface area contributed by atoms with E-state index in [0.717, 1.165) is 12.0 Å². The number of hydrogen-bond acceptors (Lipinski definition) is 0. The Kier molecular flexibility index (Phi) is 4.40. The molecule has 0 amide bonds. The van der Waals surface area contributed by atoms with Crippen LogP contribution in [0.1, 0.15) is 16.5 Å². The van der Waals surface area contributed by atoms with Gasteiger partial charge >= 0.3 is 0 Å². The first-order chi connectivity index (χ1) is 10.1. The molecule has 3 aromatic carbocycles. The van der Waals surface area contributed by atoms with Gasteiger partial charge in [0.15, 0.2) is 0 Å². The molecule has 0 saturated heterocycles. The molecule has 0 saturated carbocycles. The summed E-state index contributed by atoms with van der Waals surface area (Å²) < 4.78 is 0. The summed E-state index contributed by atoms with van der Waals surface area (Å²) in [5.41, 5.74) is 2.13. The quantitative estimate of drug-likeness (QED) is 0.469. The zero-order valence-electron chi connectivity index (χ0n) is 11.2. The van der Waals surface area contributed by atoms with Gasteiger partial charge in [0.05, 0.1) is 5.38 Å². The molecule has 0 bridgehead atoms. The normalized spacial score (nSPS) is 12.5. The van der Waals surface area contributed by atoms with Crippen molar-refractivity contribution in [2.75, 3.05) is 0 Å². The Labute approximate surface area is 139 Å². The summed E-state index contributed by atoms with van der Waals surface area (Å²) in [5.74, 6) is 0. The van der Waals surface area contributed by atoms with Gasteiger partial charge in [0.1, 0.15) is 0 Å². The molecule has 0 aliphatic rings.